The van der Waals surface area contributed by atoms with Crippen LogP contribution in [0.5, 0.6) is 5.75 Å². The molecule has 1 unspecified atom stereocenters. The van der Waals surface area contributed by atoms with Gasteiger partial charge >= 0.3 is 0 Å². The quantitative estimate of drug-likeness (QED) is 0.842. The molecule has 0 saturated carbocycles. The van der Waals surface area contributed by atoms with Crippen molar-refractivity contribution in [1.82, 2.24) is 18.8 Å². The number of nitrogens with zero attached hydrogens (tertiary/aromatic N) is 4. The molecule has 1 atom stereocenters. The highest BCUT2D eigenvalue weighted by Crippen LogP contribution is 2.23. The fraction of sp³-hybridized carbons (Fsp3) is 0.467. The summed E-state index contributed by atoms with van der Waals surface area (Å²) in [5.74, 6) is 1.38. The van der Waals surface area contributed by atoms with Crippen LogP contribution in [0.2, 0.25) is 0 Å². The van der Waals surface area contributed by atoms with E-state index in [0.29, 0.717) is 24.7 Å². The van der Waals surface area contributed by atoms with Gasteiger partial charge in [-0.05, 0) is 31.9 Å². The minimum atomic E-state index is -3.58. The number of pyridine rings is 1. The molecule has 8 heteroatoms. The van der Waals surface area contributed by atoms with E-state index >= 15 is 0 Å². The molecule has 1 aliphatic rings. The monoisotopic (exact) mass is 336 g/mol. The Bertz CT molecular complexity index is 754. The Morgan fingerprint density at radius 1 is 1.30 bits per heavy atom. The lowest BCUT2D eigenvalue weighted by Gasteiger charge is -2.31. The van der Waals surface area contributed by atoms with Crippen LogP contribution in [0.15, 0.2) is 35.7 Å². The van der Waals surface area contributed by atoms with Gasteiger partial charge in [0.2, 0.25) is 0 Å². The Morgan fingerprint density at radius 2 is 2.04 bits per heavy atom. The van der Waals surface area contributed by atoms with Crippen LogP contribution in [0.25, 0.3) is 0 Å². The van der Waals surface area contributed by atoms with E-state index in [9.17, 15) is 8.42 Å². The second kappa shape index (κ2) is 6.29. The summed E-state index contributed by atoms with van der Waals surface area (Å²) in [7, 11) is -1.80. The van der Waals surface area contributed by atoms with Crippen LogP contribution in [0.1, 0.15) is 18.7 Å². The van der Waals surface area contributed by atoms with Crippen LogP contribution in [0.4, 0.5) is 0 Å². The first-order valence-electron chi connectivity index (χ1n) is 7.53. The van der Waals surface area contributed by atoms with Gasteiger partial charge in [0.25, 0.3) is 10.0 Å². The van der Waals surface area contributed by atoms with Crippen molar-refractivity contribution in [2.75, 3.05) is 13.1 Å². The average Bonchev–Trinajstić information content (AvgIpc) is 2.89. The zero-order chi connectivity index (χ0) is 16.4. The molecule has 2 aromatic rings. The van der Waals surface area contributed by atoms with E-state index in [1.807, 2.05) is 0 Å². The lowest BCUT2D eigenvalue weighted by atomic mass is 10.1. The summed E-state index contributed by atoms with van der Waals surface area (Å²) in [6.45, 7) is 2.61. The molecule has 0 aliphatic carbocycles. The minimum absolute atomic E-state index is 0.0991. The molecule has 23 heavy (non-hydrogen) atoms. The van der Waals surface area contributed by atoms with Crippen molar-refractivity contribution >= 4 is 10.0 Å². The Labute approximate surface area is 136 Å². The van der Waals surface area contributed by atoms with Gasteiger partial charge in [-0.1, -0.05) is 0 Å². The number of aryl methyl sites for hydroxylation is 2. The maximum atomic E-state index is 12.7. The van der Waals surface area contributed by atoms with Gasteiger partial charge < -0.3 is 9.30 Å². The predicted molar refractivity (Wildman–Crippen MR) is 84.6 cm³/mol. The van der Waals surface area contributed by atoms with E-state index in [2.05, 4.69) is 9.97 Å². The SMILES string of the molecule is Cc1nc(S(=O)(=O)N2CCCC(Oc3ccncc3)C2)cn1C. The van der Waals surface area contributed by atoms with Crippen LogP contribution in [0, 0.1) is 6.92 Å². The van der Waals surface area contributed by atoms with Gasteiger partial charge in [-0.2, -0.15) is 4.31 Å². The van der Waals surface area contributed by atoms with Crippen molar-refractivity contribution in [2.45, 2.75) is 30.9 Å². The van der Waals surface area contributed by atoms with Crippen molar-refractivity contribution in [3.05, 3.63) is 36.5 Å². The van der Waals surface area contributed by atoms with Crippen molar-refractivity contribution in [3.8, 4) is 5.75 Å². The molecule has 0 amide bonds. The number of sulfonamides is 1. The average molecular weight is 336 g/mol. The molecule has 0 spiro atoms. The molecule has 1 saturated heterocycles. The second-order valence-corrected chi connectivity index (χ2v) is 7.55. The smallest absolute Gasteiger partial charge is 0.262 e. The molecule has 0 bridgehead atoms. The molecule has 3 heterocycles. The van der Waals surface area contributed by atoms with Crippen molar-refractivity contribution < 1.29 is 13.2 Å². The number of ether oxygens (including phenoxy) is 1. The van der Waals surface area contributed by atoms with Gasteiger partial charge in [0.1, 0.15) is 17.7 Å². The first kappa shape index (κ1) is 15.9. The maximum absolute atomic E-state index is 12.7. The molecule has 0 radical (unpaired) electrons. The highest BCUT2D eigenvalue weighted by atomic mass is 32.2. The van der Waals surface area contributed by atoms with Crippen LogP contribution >= 0.6 is 0 Å². The van der Waals surface area contributed by atoms with Gasteiger partial charge in [-0.25, -0.2) is 13.4 Å². The summed E-state index contributed by atoms with van der Waals surface area (Å²) < 4.78 is 34.5. The Morgan fingerprint density at radius 3 is 2.70 bits per heavy atom. The lowest BCUT2D eigenvalue weighted by molar-refractivity contribution is 0.129. The van der Waals surface area contributed by atoms with Crippen molar-refractivity contribution in [2.24, 2.45) is 7.05 Å². The molecule has 2 aromatic heterocycles. The minimum Gasteiger partial charge on any atom is -0.489 e. The van der Waals surface area contributed by atoms with E-state index in [4.69, 9.17) is 4.74 Å². The lowest BCUT2D eigenvalue weighted by Crippen LogP contribution is -2.44. The molecule has 1 fully saturated rings. The fourth-order valence-corrected chi connectivity index (χ4v) is 4.15. The number of piperidine rings is 1. The molecule has 124 valence electrons. The van der Waals surface area contributed by atoms with Gasteiger partial charge in [0.05, 0.1) is 6.54 Å². The fourth-order valence-electron chi connectivity index (χ4n) is 2.61. The third-order valence-electron chi connectivity index (χ3n) is 3.98. The topological polar surface area (TPSA) is 77.3 Å². The van der Waals surface area contributed by atoms with Crippen LogP contribution in [-0.2, 0) is 17.1 Å². The normalized spacial score (nSPS) is 19.7. The van der Waals surface area contributed by atoms with Crippen LogP contribution in [-0.4, -0.2) is 46.5 Å². The van der Waals surface area contributed by atoms with E-state index in [-0.39, 0.29) is 11.1 Å². The summed E-state index contributed by atoms with van der Waals surface area (Å²) in [5, 5.41) is 0.0991. The summed E-state index contributed by atoms with van der Waals surface area (Å²) in [6, 6.07) is 3.55. The van der Waals surface area contributed by atoms with Crippen molar-refractivity contribution in [3.63, 3.8) is 0 Å². The van der Waals surface area contributed by atoms with Crippen LogP contribution in [0.3, 0.4) is 0 Å². The van der Waals surface area contributed by atoms with E-state index in [0.717, 1.165) is 12.8 Å². The number of hydrogen-bond donors (Lipinski definition) is 0. The maximum Gasteiger partial charge on any atom is 0.262 e. The molecule has 0 N–H and O–H groups in total. The molecule has 1 aliphatic heterocycles. The van der Waals surface area contributed by atoms with E-state index in [1.54, 1.807) is 49.3 Å². The summed E-state index contributed by atoms with van der Waals surface area (Å²) >= 11 is 0. The number of hydrogen-bond acceptors (Lipinski definition) is 5. The highest BCUT2D eigenvalue weighted by molar-refractivity contribution is 7.89. The summed E-state index contributed by atoms with van der Waals surface area (Å²) in [5.41, 5.74) is 0. The Balaban J connectivity index is 1.75. The molecule has 3 rings (SSSR count). The van der Waals surface area contributed by atoms with E-state index in [1.165, 1.54) is 4.31 Å². The number of imidazole rings is 1. The first-order valence-corrected chi connectivity index (χ1v) is 8.97. The Kier molecular flexibility index (Phi) is 4.36. The largest absolute Gasteiger partial charge is 0.489 e. The van der Waals surface area contributed by atoms with Gasteiger partial charge in [0, 0.05) is 32.2 Å². The standard InChI is InChI=1S/C15H20N4O3S/c1-12-17-15(11-18(12)2)23(20,21)19-9-3-4-14(10-19)22-13-5-7-16-8-6-13/h5-8,11,14H,3-4,9-10H2,1-2H3. The van der Waals surface area contributed by atoms with Crippen molar-refractivity contribution in [1.29, 1.82) is 0 Å². The Hall–Kier alpha value is -1.93. The molecule has 0 aromatic carbocycles. The second-order valence-electron chi connectivity index (χ2n) is 5.67. The van der Waals surface area contributed by atoms with Gasteiger partial charge in [0.15, 0.2) is 5.03 Å². The zero-order valence-electron chi connectivity index (χ0n) is 13.2. The first-order chi connectivity index (χ1) is 11.0. The van der Waals surface area contributed by atoms with Crippen LogP contribution < -0.4 is 4.74 Å². The molecular weight excluding hydrogens is 316 g/mol. The number of aromatic nitrogens is 3. The third kappa shape index (κ3) is 3.37. The predicted octanol–water partition coefficient (Wildman–Crippen LogP) is 1.36. The highest BCUT2D eigenvalue weighted by Gasteiger charge is 2.32. The van der Waals surface area contributed by atoms with Gasteiger partial charge in [-0.15, -0.1) is 0 Å². The summed E-state index contributed by atoms with van der Waals surface area (Å²) in [6.07, 6.45) is 6.30. The van der Waals surface area contributed by atoms with E-state index < -0.39 is 10.0 Å². The van der Waals surface area contributed by atoms with Gasteiger partial charge in [-0.3, -0.25) is 4.98 Å². The molecular formula is C15H20N4O3S. The third-order valence-corrected chi connectivity index (χ3v) is 5.72. The number of rotatable bonds is 4. The molecule has 7 nitrogen and oxygen atoms in total. The summed E-state index contributed by atoms with van der Waals surface area (Å²) in [4.78, 5) is 8.10. The zero-order valence-corrected chi connectivity index (χ0v) is 14.0.